The second-order valence-electron chi connectivity index (χ2n) is 6.58. The number of hydrogen-bond acceptors (Lipinski definition) is 6. The highest BCUT2D eigenvalue weighted by Crippen LogP contribution is 2.24. The van der Waals surface area contributed by atoms with Gasteiger partial charge in [-0.1, -0.05) is 42.1 Å². The summed E-state index contributed by atoms with van der Waals surface area (Å²) in [6.07, 6.45) is 3.93. The maximum atomic E-state index is 12.7. The minimum Gasteiger partial charge on any atom is -0.341 e. The number of aromatic amines is 1. The van der Waals surface area contributed by atoms with Crippen LogP contribution in [0.3, 0.4) is 0 Å². The molecule has 144 valence electrons. The number of piperidine rings is 1. The van der Waals surface area contributed by atoms with Gasteiger partial charge in [-0.2, -0.15) is 4.98 Å². The van der Waals surface area contributed by atoms with Crippen molar-refractivity contribution < 1.29 is 0 Å². The highest BCUT2D eigenvalue weighted by Gasteiger charge is 2.24. The summed E-state index contributed by atoms with van der Waals surface area (Å²) < 4.78 is 1.97. The third kappa shape index (κ3) is 3.97. The van der Waals surface area contributed by atoms with Crippen molar-refractivity contribution in [3.63, 3.8) is 0 Å². The molecule has 7 nitrogen and oxygen atoms in total. The fourth-order valence-corrected chi connectivity index (χ4v) is 3.83. The Morgan fingerprint density at radius 1 is 1.30 bits per heavy atom. The number of H-pyrrole nitrogens is 1. The van der Waals surface area contributed by atoms with E-state index in [1.54, 1.807) is 0 Å². The average Bonchev–Trinajstić information content (AvgIpc) is 3.01. The van der Waals surface area contributed by atoms with E-state index in [1.807, 2.05) is 29.0 Å². The first-order chi connectivity index (χ1) is 12.7. The van der Waals surface area contributed by atoms with Crippen molar-refractivity contribution in [2.75, 3.05) is 24.2 Å². The number of halogens is 1. The van der Waals surface area contributed by atoms with Crippen LogP contribution in [0.15, 0.2) is 40.3 Å². The van der Waals surface area contributed by atoms with Gasteiger partial charge in [0, 0.05) is 19.1 Å². The molecule has 1 fully saturated rings. The molecule has 1 unspecified atom stereocenters. The molecule has 0 spiro atoms. The van der Waals surface area contributed by atoms with E-state index in [-0.39, 0.29) is 24.0 Å². The Morgan fingerprint density at radius 2 is 2.07 bits per heavy atom. The molecule has 3 heterocycles. The average molecular weight is 407 g/mol. The number of nitrogens with one attached hydrogen (secondary N) is 1. The first-order valence-electron chi connectivity index (χ1n) is 8.74. The maximum absolute atomic E-state index is 12.7. The number of rotatable bonds is 4. The molecule has 1 aliphatic heterocycles. The number of nitrogens with zero attached hydrogens (tertiary/aromatic N) is 4. The van der Waals surface area contributed by atoms with Crippen LogP contribution in [0.4, 0.5) is 5.95 Å². The lowest BCUT2D eigenvalue weighted by molar-refractivity contribution is 0.495. The summed E-state index contributed by atoms with van der Waals surface area (Å²) in [7, 11) is 0. The van der Waals surface area contributed by atoms with Crippen LogP contribution in [0.25, 0.3) is 11.2 Å². The molecule has 0 radical (unpaired) electrons. The van der Waals surface area contributed by atoms with E-state index in [2.05, 4.69) is 27.0 Å². The van der Waals surface area contributed by atoms with Gasteiger partial charge in [0.2, 0.25) is 5.95 Å². The summed E-state index contributed by atoms with van der Waals surface area (Å²) in [5.41, 5.74) is 8.13. The fourth-order valence-electron chi connectivity index (χ4n) is 3.46. The van der Waals surface area contributed by atoms with E-state index in [0.717, 1.165) is 37.4 Å². The predicted molar refractivity (Wildman–Crippen MR) is 112 cm³/mol. The molecule has 1 aromatic carbocycles. The zero-order chi connectivity index (χ0) is 18.1. The van der Waals surface area contributed by atoms with Crippen LogP contribution in [0, 0.1) is 0 Å². The lowest BCUT2D eigenvalue weighted by Crippen LogP contribution is -2.44. The third-order valence-electron chi connectivity index (χ3n) is 4.69. The molecular weight excluding hydrogens is 384 g/mol. The standard InChI is InChI=1S/C18H22N6OS.ClH/c1-26-17-20-15-14(16(25)22-17)24(10-12-6-3-2-4-7-12)18(21-15)23-9-5-8-13(19)11-23;/h2-4,6-7,13H,5,8-11,19H2,1H3,(H,20,22,25);1H. The molecule has 0 bridgehead atoms. The molecule has 9 heteroatoms. The summed E-state index contributed by atoms with van der Waals surface area (Å²) in [5.74, 6) is 0.773. The molecule has 0 aliphatic carbocycles. The Hall–Kier alpha value is -2.03. The SMILES string of the molecule is CSc1nc2nc(N3CCCC(N)C3)n(Cc3ccccc3)c2c(=O)[nH]1.Cl. The summed E-state index contributed by atoms with van der Waals surface area (Å²) >= 11 is 1.40. The highest BCUT2D eigenvalue weighted by molar-refractivity contribution is 7.98. The predicted octanol–water partition coefficient (Wildman–Crippen LogP) is 2.24. The fraction of sp³-hybridized carbons (Fsp3) is 0.389. The van der Waals surface area contributed by atoms with E-state index in [1.165, 1.54) is 11.8 Å². The van der Waals surface area contributed by atoms with Crippen molar-refractivity contribution in [2.45, 2.75) is 30.6 Å². The van der Waals surface area contributed by atoms with Gasteiger partial charge in [0.05, 0.1) is 6.54 Å². The zero-order valence-electron chi connectivity index (χ0n) is 15.1. The van der Waals surface area contributed by atoms with E-state index >= 15 is 0 Å². The van der Waals surface area contributed by atoms with Crippen LogP contribution in [0.2, 0.25) is 0 Å². The van der Waals surface area contributed by atoms with Crippen molar-refractivity contribution in [3.05, 3.63) is 46.2 Å². The van der Waals surface area contributed by atoms with Crippen LogP contribution in [0.1, 0.15) is 18.4 Å². The molecule has 3 N–H and O–H groups in total. The summed E-state index contributed by atoms with van der Waals surface area (Å²) in [4.78, 5) is 27.0. The lowest BCUT2D eigenvalue weighted by Gasteiger charge is -2.31. The van der Waals surface area contributed by atoms with Crippen molar-refractivity contribution in [3.8, 4) is 0 Å². The van der Waals surface area contributed by atoms with Crippen LogP contribution < -0.4 is 16.2 Å². The first-order valence-corrected chi connectivity index (χ1v) is 9.97. The highest BCUT2D eigenvalue weighted by atomic mass is 35.5. The Bertz CT molecular complexity index is 973. The zero-order valence-corrected chi connectivity index (χ0v) is 16.7. The number of thioether (sulfide) groups is 1. The van der Waals surface area contributed by atoms with Crippen molar-refractivity contribution >= 4 is 41.3 Å². The van der Waals surface area contributed by atoms with Crippen molar-refractivity contribution in [2.24, 2.45) is 5.73 Å². The monoisotopic (exact) mass is 406 g/mol. The quantitative estimate of drug-likeness (QED) is 0.510. The maximum Gasteiger partial charge on any atom is 0.277 e. The Balaban J connectivity index is 0.00000210. The van der Waals surface area contributed by atoms with Crippen molar-refractivity contribution in [1.82, 2.24) is 19.5 Å². The van der Waals surface area contributed by atoms with Gasteiger partial charge in [0.1, 0.15) is 0 Å². The van der Waals surface area contributed by atoms with Gasteiger partial charge in [0.15, 0.2) is 16.3 Å². The van der Waals surface area contributed by atoms with E-state index < -0.39 is 0 Å². The van der Waals surface area contributed by atoms with Gasteiger partial charge in [-0.05, 0) is 24.7 Å². The Labute approximate surface area is 167 Å². The first kappa shape index (κ1) is 19.7. The number of fused-ring (bicyclic) bond motifs is 1. The second-order valence-corrected chi connectivity index (χ2v) is 7.37. The van der Waals surface area contributed by atoms with Crippen molar-refractivity contribution in [1.29, 1.82) is 0 Å². The number of benzene rings is 1. The van der Waals surface area contributed by atoms with Gasteiger partial charge < -0.3 is 10.6 Å². The van der Waals surface area contributed by atoms with E-state index in [4.69, 9.17) is 10.7 Å². The number of imidazole rings is 1. The van der Waals surface area contributed by atoms with Crippen LogP contribution >= 0.6 is 24.2 Å². The number of aromatic nitrogens is 4. The van der Waals surface area contributed by atoms with Crippen LogP contribution in [-0.2, 0) is 6.54 Å². The summed E-state index contributed by atoms with van der Waals surface area (Å²) in [6, 6.07) is 10.2. The molecule has 4 rings (SSSR count). The van der Waals surface area contributed by atoms with Gasteiger partial charge in [-0.3, -0.25) is 14.3 Å². The normalized spacial score (nSPS) is 17.1. The molecule has 1 aliphatic rings. The van der Waals surface area contributed by atoms with Gasteiger partial charge in [-0.25, -0.2) is 4.98 Å². The Morgan fingerprint density at radius 3 is 2.78 bits per heavy atom. The lowest BCUT2D eigenvalue weighted by atomic mass is 10.1. The van der Waals surface area contributed by atoms with Gasteiger partial charge >= 0.3 is 0 Å². The number of nitrogens with two attached hydrogens (primary N) is 1. The molecule has 1 saturated heterocycles. The van der Waals surface area contributed by atoms with Gasteiger partial charge in [0.25, 0.3) is 5.56 Å². The molecule has 2 aromatic heterocycles. The third-order valence-corrected chi connectivity index (χ3v) is 5.27. The number of anilines is 1. The second kappa shape index (κ2) is 8.33. The molecule has 27 heavy (non-hydrogen) atoms. The van der Waals surface area contributed by atoms with Crippen LogP contribution in [-0.4, -0.2) is 44.9 Å². The smallest absolute Gasteiger partial charge is 0.277 e. The summed E-state index contributed by atoms with van der Waals surface area (Å²) in [5, 5.41) is 0.578. The number of hydrogen-bond donors (Lipinski definition) is 2. The minimum absolute atomic E-state index is 0. The molecule has 3 aromatic rings. The molecular formula is C18H23ClN6OS. The van der Waals surface area contributed by atoms with Gasteiger partial charge in [-0.15, -0.1) is 12.4 Å². The Kier molecular flexibility index (Phi) is 6.08. The molecule has 0 saturated carbocycles. The summed E-state index contributed by atoms with van der Waals surface area (Å²) in [6.45, 7) is 2.20. The molecule has 1 atom stereocenters. The van der Waals surface area contributed by atoms with Crippen LogP contribution in [0.5, 0.6) is 0 Å². The van der Waals surface area contributed by atoms with E-state index in [9.17, 15) is 4.79 Å². The largest absolute Gasteiger partial charge is 0.341 e. The topological polar surface area (TPSA) is 92.8 Å². The van der Waals surface area contributed by atoms with E-state index in [0.29, 0.717) is 22.9 Å². The minimum atomic E-state index is -0.157. The molecule has 0 amide bonds.